The number of sulfone groups is 1. The monoisotopic (exact) mass is 500 g/mol. The molecule has 0 aliphatic rings. The first-order valence-corrected chi connectivity index (χ1v) is 13.2. The van der Waals surface area contributed by atoms with Gasteiger partial charge >= 0.3 is 4.87 Å². The minimum Gasteiger partial charge on any atom is -0.494 e. The number of rotatable bonds is 6. The van der Waals surface area contributed by atoms with Gasteiger partial charge in [0.15, 0.2) is 15.1 Å². The molecule has 168 valence electrons. The maximum Gasteiger partial charge on any atom is 0.307 e. The van der Waals surface area contributed by atoms with Crippen molar-refractivity contribution in [1.82, 2.24) is 20.2 Å². The molecule has 3 heterocycles. The van der Waals surface area contributed by atoms with E-state index in [1.807, 2.05) is 48.5 Å². The molecule has 0 bridgehead atoms. The van der Waals surface area contributed by atoms with Crippen molar-refractivity contribution < 1.29 is 17.9 Å². The van der Waals surface area contributed by atoms with E-state index in [2.05, 4.69) is 20.2 Å². The summed E-state index contributed by atoms with van der Waals surface area (Å²) in [5.41, 5.74) is 2.72. The Morgan fingerprint density at radius 2 is 1.88 bits per heavy atom. The minimum atomic E-state index is -3.70. The summed E-state index contributed by atoms with van der Waals surface area (Å²) in [7, 11) is -3.70. The van der Waals surface area contributed by atoms with Gasteiger partial charge in [0.05, 0.1) is 21.5 Å². The van der Waals surface area contributed by atoms with Gasteiger partial charge in [-0.1, -0.05) is 47.7 Å². The number of aromatic amines is 1. The van der Waals surface area contributed by atoms with Gasteiger partial charge in [0.25, 0.3) is 0 Å². The molecule has 1 unspecified atom stereocenters. The highest BCUT2D eigenvalue weighted by Gasteiger charge is 2.34. The molecule has 33 heavy (non-hydrogen) atoms. The normalized spacial score (nSPS) is 12.9. The number of aromatic hydroxyl groups is 1. The number of nitrogens with zero attached hydrogens (tertiary/aromatic N) is 3. The van der Waals surface area contributed by atoms with Crippen LogP contribution in [-0.2, 0) is 16.3 Å². The fraction of sp³-hybridized carbons (Fsp3) is 0.143. The van der Waals surface area contributed by atoms with Crippen LogP contribution in [0.4, 0.5) is 0 Å². The molecule has 5 rings (SSSR count). The van der Waals surface area contributed by atoms with Crippen LogP contribution in [0.25, 0.3) is 21.3 Å². The summed E-state index contributed by atoms with van der Waals surface area (Å²) < 4.78 is 31.8. The lowest BCUT2D eigenvalue weighted by molar-refractivity contribution is 0.438. The Kier molecular flexibility index (Phi) is 5.35. The van der Waals surface area contributed by atoms with Crippen molar-refractivity contribution in [3.8, 4) is 17.0 Å². The van der Waals surface area contributed by atoms with Crippen LogP contribution in [0, 0.1) is 0 Å². The Labute approximate surface area is 195 Å². The van der Waals surface area contributed by atoms with E-state index in [1.54, 1.807) is 0 Å². The first-order chi connectivity index (χ1) is 15.8. The molecule has 0 saturated heterocycles. The quantitative estimate of drug-likeness (QED) is 0.361. The van der Waals surface area contributed by atoms with Gasteiger partial charge in [0, 0.05) is 6.26 Å². The first kappa shape index (κ1) is 21.5. The molecule has 0 aliphatic heterocycles. The highest BCUT2D eigenvalue weighted by Crippen LogP contribution is 2.36. The van der Waals surface area contributed by atoms with Crippen LogP contribution in [0.2, 0.25) is 0 Å². The number of H-pyrrole nitrogens is 1. The fourth-order valence-electron chi connectivity index (χ4n) is 3.39. The zero-order valence-corrected chi connectivity index (χ0v) is 19.5. The molecule has 2 N–H and O–H groups in total. The Bertz CT molecular complexity index is 1620. The van der Waals surface area contributed by atoms with Crippen molar-refractivity contribution in [1.29, 1.82) is 0 Å². The Morgan fingerprint density at radius 1 is 1.09 bits per heavy atom. The summed E-state index contributed by atoms with van der Waals surface area (Å²) in [6, 6.07) is 15.6. The van der Waals surface area contributed by atoms with Crippen molar-refractivity contribution in [2.24, 2.45) is 0 Å². The topological polar surface area (TPSA) is 139 Å². The number of fused-ring (bicyclic) bond motifs is 1. The number of nitrogens with one attached hydrogen (secondary N) is 1. The summed E-state index contributed by atoms with van der Waals surface area (Å²) in [6.07, 6.45) is 1.09. The van der Waals surface area contributed by atoms with E-state index in [0.29, 0.717) is 15.4 Å². The van der Waals surface area contributed by atoms with Gasteiger partial charge in [-0.3, -0.25) is 9.78 Å². The van der Waals surface area contributed by atoms with E-state index in [9.17, 15) is 18.3 Å². The molecule has 1 atom stereocenters. The van der Waals surface area contributed by atoms with Crippen LogP contribution in [0.5, 0.6) is 5.88 Å². The standard InChI is InChI=1S/C21H16N4O5S3/c1-33(28,29)17(19-25-24-16(30-19)10-15-18(26)23-21(27)32-15)20-22-13-8-7-12(9-14(13)31-20)11-5-3-2-4-6-11/h2-9,17,26H,10H2,1H3,(H,23,27). The van der Waals surface area contributed by atoms with E-state index in [0.717, 1.165) is 33.4 Å². The van der Waals surface area contributed by atoms with Gasteiger partial charge in [0.2, 0.25) is 17.7 Å². The molecule has 0 amide bonds. The third-order valence-corrected chi connectivity index (χ3v) is 8.27. The van der Waals surface area contributed by atoms with Crippen molar-refractivity contribution in [2.75, 3.05) is 6.26 Å². The van der Waals surface area contributed by atoms with Gasteiger partial charge in [-0.25, -0.2) is 13.4 Å². The van der Waals surface area contributed by atoms with Crippen LogP contribution in [0.1, 0.15) is 26.9 Å². The number of aromatic nitrogens is 4. The van der Waals surface area contributed by atoms with E-state index in [4.69, 9.17) is 4.42 Å². The van der Waals surface area contributed by atoms with E-state index < -0.39 is 20.0 Å². The van der Waals surface area contributed by atoms with Gasteiger partial charge in [-0.05, 0) is 23.3 Å². The average molecular weight is 501 g/mol. The average Bonchev–Trinajstić information content (AvgIpc) is 3.46. The third kappa shape index (κ3) is 4.32. The Hall–Kier alpha value is -3.35. The molecule has 0 spiro atoms. The molecule has 3 aromatic heterocycles. The van der Waals surface area contributed by atoms with E-state index in [-0.39, 0.29) is 24.1 Å². The molecule has 0 aliphatic carbocycles. The second-order valence-electron chi connectivity index (χ2n) is 7.31. The number of thiazole rings is 2. The summed E-state index contributed by atoms with van der Waals surface area (Å²) >= 11 is 2.07. The number of hydrogen-bond acceptors (Lipinski definition) is 10. The highest BCUT2D eigenvalue weighted by atomic mass is 32.2. The van der Waals surface area contributed by atoms with Crippen molar-refractivity contribution >= 4 is 42.7 Å². The third-order valence-electron chi connectivity index (χ3n) is 4.88. The van der Waals surface area contributed by atoms with Crippen LogP contribution in [0.15, 0.2) is 57.7 Å². The van der Waals surface area contributed by atoms with E-state index in [1.165, 1.54) is 11.3 Å². The maximum absolute atomic E-state index is 12.7. The van der Waals surface area contributed by atoms with E-state index >= 15 is 0 Å². The predicted octanol–water partition coefficient (Wildman–Crippen LogP) is 3.53. The van der Waals surface area contributed by atoms with Crippen LogP contribution in [-0.4, -0.2) is 39.9 Å². The summed E-state index contributed by atoms with van der Waals surface area (Å²) in [5, 5.41) is 16.7. The molecule has 5 aromatic rings. The Morgan fingerprint density at radius 3 is 2.58 bits per heavy atom. The van der Waals surface area contributed by atoms with Crippen molar-refractivity contribution in [2.45, 2.75) is 11.7 Å². The van der Waals surface area contributed by atoms with Gasteiger partial charge in [0.1, 0.15) is 5.01 Å². The summed E-state index contributed by atoms with van der Waals surface area (Å²) in [4.78, 5) is 18.1. The first-order valence-electron chi connectivity index (χ1n) is 9.66. The maximum atomic E-state index is 12.7. The van der Waals surface area contributed by atoms with Gasteiger partial charge in [-0.2, -0.15) is 0 Å². The Balaban J connectivity index is 1.52. The SMILES string of the molecule is CS(=O)(=O)C(c1nnc(Cc2sc(=O)[nH]c2O)o1)c1nc2ccc(-c3ccccc3)cc2s1. The second kappa shape index (κ2) is 8.21. The molecule has 0 saturated carbocycles. The zero-order valence-electron chi connectivity index (χ0n) is 17.0. The molecule has 12 heteroatoms. The fourth-order valence-corrected chi connectivity index (χ4v) is 6.64. The lowest BCUT2D eigenvalue weighted by Gasteiger charge is -2.07. The molecular weight excluding hydrogens is 484 g/mol. The largest absolute Gasteiger partial charge is 0.494 e. The lowest BCUT2D eigenvalue weighted by atomic mass is 10.1. The van der Waals surface area contributed by atoms with Crippen LogP contribution in [0.3, 0.4) is 0 Å². The highest BCUT2D eigenvalue weighted by molar-refractivity contribution is 7.91. The molecule has 2 aromatic carbocycles. The lowest BCUT2D eigenvalue weighted by Crippen LogP contribution is -2.13. The summed E-state index contributed by atoms with van der Waals surface area (Å²) in [6.45, 7) is 0. The molecular formula is C21H16N4O5S3. The van der Waals surface area contributed by atoms with Crippen LogP contribution < -0.4 is 4.87 Å². The molecule has 0 radical (unpaired) electrons. The minimum absolute atomic E-state index is 0.000990. The number of hydrogen-bond donors (Lipinski definition) is 2. The van der Waals surface area contributed by atoms with Gasteiger partial charge in [-0.15, -0.1) is 21.5 Å². The molecule has 9 nitrogen and oxygen atoms in total. The zero-order chi connectivity index (χ0) is 23.2. The number of benzene rings is 2. The molecule has 0 fully saturated rings. The smallest absolute Gasteiger partial charge is 0.307 e. The second-order valence-corrected chi connectivity index (χ2v) is 11.6. The van der Waals surface area contributed by atoms with Crippen LogP contribution >= 0.6 is 22.7 Å². The van der Waals surface area contributed by atoms with Crippen molar-refractivity contribution in [3.05, 3.63) is 79.9 Å². The summed E-state index contributed by atoms with van der Waals surface area (Å²) in [5.74, 6) is -0.307. The van der Waals surface area contributed by atoms with Gasteiger partial charge < -0.3 is 9.52 Å². The predicted molar refractivity (Wildman–Crippen MR) is 125 cm³/mol. The van der Waals surface area contributed by atoms with Crippen molar-refractivity contribution in [3.63, 3.8) is 0 Å².